The average molecular weight is 241 g/mol. The van der Waals surface area contributed by atoms with Crippen molar-refractivity contribution in [3.8, 4) is 5.75 Å². The van der Waals surface area contributed by atoms with Crippen LogP contribution in [-0.4, -0.2) is 7.05 Å². The minimum absolute atomic E-state index is 0.614. The molecule has 0 aliphatic carbocycles. The molecular formula is C16H19NO. The molecule has 0 aromatic heterocycles. The van der Waals surface area contributed by atoms with Crippen LogP contribution >= 0.6 is 0 Å². The summed E-state index contributed by atoms with van der Waals surface area (Å²) < 4.78 is 5.81. The molecule has 18 heavy (non-hydrogen) atoms. The smallest absolute Gasteiger partial charge is 0.120 e. The lowest BCUT2D eigenvalue weighted by atomic mass is 10.1. The van der Waals surface area contributed by atoms with Crippen LogP contribution in [0.5, 0.6) is 5.75 Å². The third-order valence-electron chi connectivity index (χ3n) is 2.98. The van der Waals surface area contributed by atoms with Gasteiger partial charge in [-0.05, 0) is 35.7 Å². The number of hydrogen-bond donors (Lipinski definition) is 1. The van der Waals surface area contributed by atoms with Crippen LogP contribution in [-0.2, 0) is 13.0 Å². The number of nitrogens with one attached hydrogen (secondary N) is 1. The molecule has 2 nitrogen and oxygen atoms in total. The lowest BCUT2D eigenvalue weighted by molar-refractivity contribution is 0.306. The quantitative estimate of drug-likeness (QED) is 0.858. The largest absolute Gasteiger partial charge is 0.489 e. The van der Waals surface area contributed by atoms with Gasteiger partial charge in [-0.3, -0.25) is 0 Å². The number of benzene rings is 2. The number of aryl methyl sites for hydroxylation is 1. The summed E-state index contributed by atoms with van der Waals surface area (Å²) in [4.78, 5) is 0. The van der Waals surface area contributed by atoms with Gasteiger partial charge in [0, 0.05) is 12.7 Å². The number of anilines is 1. The fourth-order valence-electron chi connectivity index (χ4n) is 1.94. The van der Waals surface area contributed by atoms with Crippen LogP contribution < -0.4 is 10.1 Å². The van der Waals surface area contributed by atoms with Gasteiger partial charge in [0.2, 0.25) is 0 Å². The minimum atomic E-state index is 0.614. The first-order valence-electron chi connectivity index (χ1n) is 6.31. The summed E-state index contributed by atoms with van der Waals surface area (Å²) in [5.41, 5.74) is 3.64. The number of ether oxygens (including phenoxy) is 1. The van der Waals surface area contributed by atoms with E-state index in [1.54, 1.807) is 0 Å². The Hall–Kier alpha value is -1.96. The zero-order valence-corrected chi connectivity index (χ0v) is 10.9. The normalized spacial score (nSPS) is 10.1. The van der Waals surface area contributed by atoms with Crippen molar-refractivity contribution in [2.75, 3.05) is 12.4 Å². The Bertz CT molecular complexity index is 494. The van der Waals surface area contributed by atoms with Gasteiger partial charge in [-0.2, -0.15) is 0 Å². The van der Waals surface area contributed by atoms with E-state index in [4.69, 9.17) is 4.74 Å². The van der Waals surface area contributed by atoms with Crippen molar-refractivity contribution >= 4 is 5.69 Å². The summed E-state index contributed by atoms with van der Waals surface area (Å²) in [5, 5.41) is 3.19. The van der Waals surface area contributed by atoms with E-state index in [2.05, 4.69) is 36.5 Å². The van der Waals surface area contributed by atoms with E-state index in [1.165, 1.54) is 16.8 Å². The topological polar surface area (TPSA) is 21.3 Å². The highest BCUT2D eigenvalue weighted by Crippen LogP contribution is 2.23. The molecule has 2 aromatic carbocycles. The standard InChI is InChI=1S/C16H19NO/c1-3-14-11-15(9-10-16(14)17-2)18-12-13-7-5-4-6-8-13/h4-11,17H,3,12H2,1-2H3. The molecule has 0 heterocycles. The maximum Gasteiger partial charge on any atom is 0.120 e. The van der Waals surface area contributed by atoms with E-state index in [9.17, 15) is 0 Å². The van der Waals surface area contributed by atoms with Crippen LogP contribution in [0.15, 0.2) is 48.5 Å². The molecule has 0 amide bonds. The van der Waals surface area contributed by atoms with Crippen molar-refractivity contribution in [2.24, 2.45) is 0 Å². The molecule has 0 aliphatic rings. The van der Waals surface area contributed by atoms with Gasteiger partial charge in [0.25, 0.3) is 0 Å². The Kier molecular flexibility index (Phi) is 4.24. The molecule has 2 aromatic rings. The predicted octanol–water partition coefficient (Wildman–Crippen LogP) is 3.87. The molecule has 0 unspecified atom stereocenters. The summed E-state index contributed by atoms with van der Waals surface area (Å²) >= 11 is 0. The van der Waals surface area contributed by atoms with Gasteiger partial charge in [-0.15, -0.1) is 0 Å². The average Bonchev–Trinajstić information content (AvgIpc) is 2.45. The fourth-order valence-corrected chi connectivity index (χ4v) is 1.94. The fraction of sp³-hybridized carbons (Fsp3) is 0.250. The predicted molar refractivity (Wildman–Crippen MR) is 76.1 cm³/mol. The van der Waals surface area contributed by atoms with E-state index in [0.29, 0.717) is 6.61 Å². The van der Waals surface area contributed by atoms with Crippen LogP contribution in [0.4, 0.5) is 5.69 Å². The molecular weight excluding hydrogens is 222 g/mol. The Morgan fingerprint density at radius 3 is 2.50 bits per heavy atom. The van der Waals surface area contributed by atoms with Gasteiger partial charge < -0.3 is 10.1 Å². The van der Waals surface area contributed by atoms with Crippen LogP contribution in [0.2, 0.25) is 0 Å². The second-order valence-corrected chi connectivity index (χ2v) is 4.20. The molecule has 0 spiro atoms. The Balaban J connectivity index is 2.06. The minimum Gasteiger partial charge on any atom is -0.489 e. The van der Waals surface area contributed by atoms with Crippen LogP contribution in [0.3, 0.4) is 0 Å². The zero-order valence-electron chi connectivity index (χ0n) is 10.9. The first-order valence-corrected chi connectivity index (χ1v) is 6.31. The summed E-state index contributed by atoms with van der Waals surface area (Å²) in [7, 11) is 1.94. The molecule has 0 saturated heterocycles. The molecule has 0 fully saturated rings. The molecule has 2 rings (SSSR count). The SMILES string of the molecule is CCc1cc(OCc2ccccc2)ccc1NC. The summed E-state index contributed by atoms with van der Waals surface area (Å²) in [6.45, 7) is 2.76. The van der Waals surface area contributed by atoms with Gasteiger partial charge in [0.05, 0.1) is 0 Å². The first-order chi connectivity index (χ1) is 8.83. The summed E-state index contributed by atoms with van der Waals surface area (Å²) in [6.07, 6.45) is 0.999. The molecule has 0 atom stereocenters. The van der Waals surface area contributed by atoms with Gasteiger partial charge in [-0.1, -0.05) is 37.3 Å². The van der Waals surface area contributed by atoms with E-state index in [-0.39, 0.29) is 0 Å². The van der Waals surface area contributed by atoms with Crippen LogP contribution in [0.1, 0.15) is 18.1 Å². The van der Waals surface area contributed by atoms with Crippen molar-refractivity contribution < 1.29 is 4.74 Å². The molecule has 94 valence electrons. The van der Waals surface area contributed by atoms with Crippen LogP contribution in [0.25, 0.3) is 0 Å². The molecule has 0 saturated carbocycles. The lowest BCUT2D eigenvalue weighted by Gasteiger charge is -2.11. The molecule has 0 aliphatic heterocycles. The van der Waals surface area contributed by atoms with E-state index >= 15 is 0 Å². The summed E-state index contributed by atoms with van der Waals surface area (Å²) in [6, 6.07) is 16.4. The highest BCUT2D eigenvalue weighted by Gasteiger charge is 2.02. The van der Waals surface area contributed by atoms with Gasteiger partial charge >= 0.3 is 0 Å². The lowest BCUT2D eigenvalue weighted by Crippen LogP contribution is -1.98. The Morgan fingerprint density at radius 1 is 1.06 bits per heavy atom. The Labute approximate surface area is 109 Å². The van der Waals surface area contributed by atoms with Crippen molar-refractivity contribution in [1.29, 1.82) is 0 Å². The van der Waals surface area contributed by atoms with Crippen molar-refractivity contribution in [3.05, 3.63) is 59.7 Å². The monoisotopic (exact) mass is 241 g/mol. The van der Waals surface area contributed by atoms with Crippen molar-refractivity contribution in [2.45, 2.75) is 20.0 Å². The third kappa shape index (κ3) is 3.04. The molecule has 0 radical (unpaired) electrons. The first kappa shape index (κ1) is 12.5. The van der Waals surface area contributed by atoms with E-state index in [1.807, 2.05) is 31.3 Å². The number of rotatable bonds is 5. The van der Waals surface area contributed by atoms with Gasteiger partial charge in [-0.25, -0.2) is 0 Å². The van der Waals surface area contributed by atoms with Gasteiger partial charge in [0.15, 0.2) is 0 Å². The van der Waals surface area contributed by atoms with Gasteiger partial charge in [0.1, 0.15) is 12.4 Å². The second kappa shape index (κ2) is 6.10. The zero-order chi connectivity index (χ0) is 12.8. The highest BCUT2D eigenvalue weighted by molar-refractivity contribution is 5.53. The summed E-state index contributed by atoms with van der Waals surface area (Å²) in [5.74, 6) is 0.926. The maximum absolute atomic E-state index is 5.81. The molecule has 2 heteroatoms. The van der Waals surface area contributed by atoms with Crippen molar-refractivity contribution in [1.82, 2.24) is 0 Å². The second-order valence-electron chi connectivity index (χ2n) is 4.20. The maximum atomic E-state index is 5.81. The van der Waals surface area contributed by atoms with Crippen LogP contribution in [0, 0.1) is 0 Å². The molecule has 1 N–H and O–H groups in total. The van der Waals surface area contributed by atoms with E-state index in [0.717, 1.165) is 12.2 Å². The number of hydrogen-bond acceptors (Lipinski definition) is 2. The Morgan fingerprint density at radius 2 is 1.83 bits per heavy atom. The van der Waals surface area contributed by atoms with E-state index < -0.39 is 0 Å². The molecule has 0 bridgehead atoms. The van der Waals surface area contributed by atoms with Crippen molar-refractivity contribution in [3.63, 3.8) is 0 Å². The third-order valence-corrected chi connectivity index (χ3v) is 2.98. The highest BCUT2D eigenvalue weighted by atomic mass is 16.5.